The Morgan fingerprint density at radius 2 is 2.38 bits per heavy atom. The van der Waals surface area contributed by atoms with Crippen molar-refractivity contribution in [1.82, 2.24) is 15.3 Å². The number of imidazole rings is 1. The number of hydrogen-bond acceptors (Lipinski definition) is 2. The largest absolute Gasteiger partial charge is 0.349 e. The van der Waals surface area contributed by atoms with E-state index in [2.05, 4.69) is 29.1 Å². The van der Waals surface area contributed by atoms with Crippen molar-refractivity contribution >= 4 is 0 Å². The lowest BCUT2D eigenvalue weighted by atomic mass is 10.1. The molecule has 3 heteroatoms. The standard InChI is InChI=1S/C10H19N3/c1-3-5-11-9(4-2)8-10-12-6-7-13-10/h6-7,9,11H,3-5,8H2,1-2H3,(H,12,13). The van der Waals surface area contributed by atoms with E-state index in [1.54, 1.807) is 0 Å². The van der Waals surface area contributed by atoms with Gasteiger partial charge in [0.05, 0.1) is 0 Å². The Labute approximate surface area is 80.0 Å². The second-order valence-corrected chi connectivity index (χ2v) is 3.30. The van der Waals surface area contributed by atoms with Gasteiger partial charge in [-0.3, -0.25) is 0 Å². The minimum absolute atomic E-state index is 0.561. The molecule has 2 N–H and O–H groups in total. The van der Waals surface area contributed by atoms with Gasteiger partial charge >= 0.3 is 0 Å². The molecule has 1 heterocycles. The first-order chi connectivity index (χ1) is 6.36. The van der Waals surface area contributed by atoms with Gasteiger partial charge in [0, 0.05) is 24.9 Å². The van der Waals surface area contributed by atoms with Crippen molar-refractivity contribution in [2.24, 2.45) is 0 Å². The molecule has 1 rings (SSSR count). The lowest BCUT2D eigenvalue weighted by molar-refractivity contribution is 0.487. The van der Waals surface area contributed by atoms with Crippen LogP contribution in [0.25, 0.3) is 0 Å². The van der Waals surface area contributed by atoms with Crippen LogP contribution in [0, 0.1) is 0 Å². The second kappa shape index (κ2) is 5.75. The zero-order valence-corrected chi connectivity index (χ0v) is 8.51. The summed E-state index contributed by atoms with van der Waals surface area (Å²) in [6.07, 6.45) is 7.03. The average molecular weight is 181 g/mol. The molecule has 3 nitrogen and oxygen atoms in total. The van der Waals surface area contributed by atoms with Gasteiger partial charge in [-0.25, -0.2) is 4.98 Å². The average Bonchev–Trinajstić information content (AvgIpc) is 2.64. The summed E-state index contributed by atoms with van der Waals surface area (Å²) in [6.45, 7) is 5.49. The number of aromatic amines is 1. The summed E-state index contributed by atoms with van der Waals surface area (Å²) >= 11 is 0. The monoisotopic (exact) mass is 181 g/mol. The van der Waals surface area contributed by atoms with Crippen LogP contribution in [-0.4, -0.2) is 22.6 Å². The molecule has 0 aliphatic heterocycles. The molecule has 74 valence electrons. The molecule has 0 aliphatic carbocycles. The minimum atomic E-state index is 0.561. The van der Waals surface area contributed by atoms with E-state index in [4.69, 9.17) is 0 Å². The quantitative estimate of drug-likeness (QED) is 0.701. The Bertz CT molecular complexity index is 206. The number of rotatable bonds is 6. The zero-order valence-electron chi connectivity index (χ0n) is 8.51. The Morgan fingerprint density at radius 3 is 2.92 bits per heavy atom. The van der Waals surface area contributed by atoms with Crippen LogP contribution in [0.2, 0.25) is 0 Å². The van der Waals surface area contributed by atoms with Gasteiger partial charge in [0.15, 0.2) is 0 Å². The summed E-state index contributed by atoms with van der Waals surface area (Å²) in [5, 5.41) is 3.50. The van der Waals surface area contributed by atoms with Crippen molar-refractivity contribution in [3.8, 4) is 0 Å². The summed E-state index contributed by atoms with van der Waals surface area (Å²) < 4.78 is 0. The third-order valence-electron chi connectivity index (χ3n) is 2.17. The summed E-state index contributed by atoms with van der Waals surface area (Å²) in [4.78, 5) is 7.34. The van der Waals surface area contributed by atoms with E-state index >= 15 is 0 Å². The van der Waals surface area contributed by atoms with Crippen molar-refractivity contribution in [2.75, 3.05) is 6.54 Å². The molecule has 0 saturated carbocycles. The molecular formula is C10H19N3. The molecule has 0 radical (unpaired) electrons. The normalized spacial score (nSPS) is 13.1. The van der Waals surface area contributed by atoms with Crippen molar-refractivity contribution in [2.45, 2.75) is 39.2 Å². The molecule has 1 unspecified atom stereocenters. The molecule has 0 amide bonds. The molecule has 1 aromatic rings. The van der Waals surface area contributed by atoms with Gasteiger partial charge in [0.25, 0.3) is 0 Å². The maximum atomic E-state index is 4.22. The van der Waals surface area contributed by atoms with Crippen LogP contribution in [0.5, 0.6) is 0 Å². The van der Waals surface area contributed by atoms with Crippen molar-refractivity contribution in [1.29, 1.82) is 0 Å². The van der Waals surface area contributed by atoms with Crippen LogP contribution in [0.15, 0.2) is 12.4 Å². The number of H-pyrrole nitrogens is 1. The van der Waals surface area contributed by atoms with E-state index in [1.807, 2.05) is 12.4 Å². The van der Waals surface area contributed by atoms with Crippen LogP contribution >= 0.6 is 0 Å². The third kappa shape index (κ3) is 3.59. The summed E-state index contributed by atoms with van der Waals surface area (Å²) in [5.41, 5.74) is 0. The van der Waals surface area contributed by atoms with E-state index in [0.717, 1.165) is 25.2 Å². The van der Waals surface area contributed by atoms with Crippen LogP contribution in [-0.2, 0) is 6.42 Å². The molecule has 0 aliphatic rings. The van der Waals surface area contributed by atoms with Crippen LogP contribution in [0.1, 0.15) is 32.5 Å². The van der Waals surface area contributed by atoms with Crippen molar-refractivity contribution in [3.63, 3.8) is 0 Å². The lowest BCUT2D eigenvalue weighted by Gasteiger charge is -2.14. The maximum absolute atomic E-state index is 4.22. The fourth-order valence-corrected chi connectivity index (χ4v) is 1.35. The van der Waals surface area contributed by atoms with Gasteiger partial charge in [0.2, 0.25) is 0 Å². The first kappa shape index (κ1) is 10.3. The number of nitrogens with one attached hydrogen (secondary N) is 2. The van der Waals surface area contributed by atoms with E-state index in [-0.39, 0.29) is 0 Å². The van der Waals surface area contributed by atoms with Crippen LogP contribution < -0.4 is 5.32 Å². The molecule has 0 bridgehead atoms. The fourth-order valence-electron chi connectivity index (χ4n) is 1.35. The molecule has 0 spiro atoms. The molecular weight excluding hydrogens is 162 g/mol. The van der Waals surface area contributed by atoms with Crippen molar-refractivity contribution in [3.05, 3.63) is 18.2 Å². The molecule has 0 fully saturated rings. The van der Waals surface area contributed by atoms with Gasteiger partial charge < -0.3 is 10.3 Å². The van der Waals surface area contributed by atoms with Crippen LogP contribution in [0.4, 0.5) is 0 Å². The summed E-state index contributed by atoms with van der Waals surface area (Å²) in [6, 6.07) is 0.561. The SMILES string of the molecule is CCCNC(CC)Cc1ncc[nH]1. The first-order valence-corrected chi connectivity index (χ1v) is 5.08. The predicted molar refractivity (Wildman–Crippen MR) is 54.7 cm³/mol. The van der Waals surface area contributed by atoms with Gasteiger partial charge in [-0.15, -0.1) is 0 Å². The van der Waals surface area contributed by atoms with Crippen LogP contribution in [0.3, 0.4) is 0 Å². The minimum Gasteiger partial charge on any atom is -0.349 e. The zero-order chi connectivity index (χ0) is 9.52. The molecule has 13 heavy (non-hydrogen) atoms. The molecule has 1 atom stereocenters. The van der Waals surface area contributed by atoms with Gasteiger partial charge in [-0.1, -0.05) is 13.8 Å². The van der Waals surface area contributed by atoms with Gasteiger partial charge in [-0.2, -0.15) is 0 Å². The Kier molecular flexibility index (Phi) is 4.54. The number of hydrogen-bond donors (Lipinski definition) is 2. The molecule has 1 aromatic heterocycles. The van der Waals surface area contributed by atoms with Crippen molar-refractivity contribution < 1.29 is 0 Å². The Balaban J connectivity index is 2.31. The smallest absolute Gasteiger partial charge is 0.107 e. The van der Waals surface area contributed by atoms with Gasteiger partial charge in [-0.05, 0) is 19.4 Å². The summed E-state index contributed by atoms with van der Waals surface area (Å²) in [7, 11) is 0. The molecule has 0 saturated heterocycles. The predicted octanol–water partition coefficient (Wildman–Crippen LogP) is 1.73. The lowest BCUT2D eigenvalue weighted by Crippen LogP contribution is -2.31. The first-order valence-electron chi connectivity index (χ1n) is 5.08. The highest BCUT2D eigenvalue weighted by Crippen LogP contribution is 2.00. The van der Waals surface area contributed by atoms with E-state index in [9.17, 15) is 0 Å². The Hall–Kier alpha value is -0.830. The topological polar surface area (TPSA) is 40.7 Å². The highest BCUT2D eigenvalue weighted by atomic mass is 14.9. The maximum Gasteiger partial charge on any atom is 0.107 e. The van der Waals surface area contributed by atoms with Gasteiger partial charge in [0.1, 0.15) is 5.82 Å². The Morgan fingerprint density at radius 1 is 1.54 bits per heavy atom. The second-order valence-electron chi connectivity index (χ2n) is 3.30. The number of nitrogens with zero attached hydrogens (tertiary/aromatic N) is 1. The fraction of sp³-hybridized carbons (Fsp3) is 0.700. The molecule has 0 aromatic carbocycles. The van der Waals surface area contributed by atoms with E-state index in [0.29, 0.717) is 6.04 Å². The van der Waals surface area contributed by atoms with E-state index in [1.165, 1.54) is 6.42 Å². The number of aromatic nitrogens is 2. The highest BCUT2D eigenvalue weighted by Gasteiger charge is 2.06. The van der Waals surface area contributed by atoms with E-state index < -0.39 is 0 Å². The third-order valence-corrected chi connectivity index (χ3v) is 2.17. The highest BCUT2D eigenvalue weighted by molar-refractivity contribution is 4.90. The summed E-state index contributed by atoms with van der Waals surface area (Å²) in [5.74, 6) is 1.08.